The van der Waals surface area contributed by atoms with E-state index in [0.717, 1.165) is 5.56 Å². The molecule has 1 aliphatic heterocycles. The van der Waals surface area contributed by atoms with Crippen molar-refractivity contribution in [3.8, 4) is 5.75 Å². The average Bonchev–Trinajstić information content (AvgIpc) is 3.15. The van der Waals surface area contributed by atoms with Crippen molar-refractivity contribution in [3.63, 3.8) is 0 Å². The zero-order chi connectivity index (χ0) is 32.2. The number of pyridine rings is 1. The fraction of sp³-hybridized carbons (Fsp3) is 0.212. The highest BCUT2D eigenvalue weighted by Crippen LogP contribution is 2.30. The van der Waals surface area contributed by atoms with Crippen molar-refractivity contribution in [1.29, 1.82) is 0 Å². The Kier molecular flexibility index (Phi) is 9.12. The quantitative estimate of drug-likeness (QED) is 0.188. The number of carbonyl (C=O) groups excluding carboxylic acids is 2. The Morgan fingerprint density at radius 2 is 1.53 bits per heavy atom. The molecule has 12 heteroatoms. The van der Waals surface area contributed by atoms with E-state index >= 15 is 0 Å². The van der Waals surface area contributed by atoms with Gasteiger partial charge in [-0.1, -0.05) is 74.5 Å². The number of aliphatic imine (C=N–C) groups is 1. The van der Waals surface area contributed by atoms with Gasteiger partial charge < -0.3 is 20.3 Å². The van der Waals surface area contributed by atoms with Gasteiger partial charge in [-0.3, -0.25) is 9.59 Å². The van der Waals surface area contributed by atoms with Crippen molar-refractivity contribution >= 4 is 28.9 Å². The highest BCUT2D eigenvalue weighted by Gasteiger charge is 2.36. The number of aromatic nitrogens is 1. The zero-order valence-electron chi connectivity index (χ0n) is 24.5. The standard InChI is InChI=1S/C33H29F4N5O3/c1-18(2)26(38-28-24(34)29(36)40-30(37)25(28)35)32(43)41-31-33(44)42(17-19-13-15-21(45-3)16-14-19)23-12-8-7-11-22(23)27(39-31)20-9-5-4-6-10-20/h4-16,18,26,31H,17H2,1-3H3,(H,38,40)(H,41,43)/t26-,31-/m1/s1. The third-order valence-corrected chi connectivity index (χ3v) is 7.28. The number of rotatable bonds is 9. The number of halogens is 4. The first-order chi connectivity index (χ1) is 21.6. The second-order valence-electron chi connectivity index (χ2n) is 10.6. The van der Waals surface area contributed by atoms with Crippen LogP contribution in [0.15, 0.2) is 83.9 Å². The summed E-state index contributed by atoms with van der Waals surface area (Å²) in [5.41, 5.74) is 1.85. The summed E-state index contributed by atoms with van der Waals surface area (Å²) < 4.78 is 61.9. The third-order valence-electron chi connectivity index (χ3n) is 7.28. The minimum atomic E-state index is -1.87. The number of anilines is 2. The van der Waals surface area contributed by atoms with E-state index in [0.29, 0.717) is 28.3 Å². The van der Waals surface area contributed by atoms with Gasteiger partial charge in [0.2, 0.25) is 23.7 Å². The molecule has 2 heterocycles. The average molecular weight is 620 g/mol. The Balaban J connectivity index is 1.55. The Morgan fingerprint density at radius 3 is 2.16 bits per heavy atom. The minimum Gasteiger partial charge on any atom is -0.497 e. The largest absolute Gasteiger partial charge is 0.497 e. The molecule has 0 aliphatic carbocycles. The number of methoxy groups -OCH3 is 1. The molecular weight excluding hydrogens is 590 g/mol. The number of nitrogens with zero attached hydrogens (tertiary/aromatic N) is 3. The molecule has 0 fully saturated rings. The second kappa shape index (κ2) is 13.2. The number of benzodiazepines with no additional fused rings is 1. The molecule has 0 bridgehead atoms. The van der Waals surface area contributed by atoms with E-state index in [9.17, 15) is 27.2 Å². The van der Waals surface area contributed by atoms with Crippen LogP contribution in [0.2, 0.25) is 0 Å². The van der Waals surface area contributed by atoms with E-state index in [1.54, 1.807) is 63.4 Å². The number of para-hydroxylation sites is 1. The van der Waals surface area contributed by atoms with Crippen LogP contribution in [0.4, 0.5) is 28.9 Å². The molecule has 2 atom stereocenters. The van der Waals surface area contributed by atoms with Crippen molar-refractivity contribution in [2.24, 2.45) is 10.9 Å². The van der Waals surface area contributed by atoms with Gasteiger partial charge in [-0.05, 0) is 29.7 Å². The number of carbonyl (C=O) groups is 2. The van der Waals surface area contributed by atoms with Crippen LogP contribution in [0.25, 0.3) is 0 Å². The first kappa shape index (κ1) is 31.2. The van der Waals surface area contributed by atoms with Crippen LogP contribution in [-0.4, -0.2) is 41.8 Å². The van der Waals surface area contributed by atoms with Gasteiger partial charge in [0.1, 0.15) is 17.5 Å². The monoisotopic (exact) mass is 619 g/mol. The van der Waals surface area contributed by atoms with Gasteiger partial charge in [0.25, 0.3) is 17.8 Å². The van der Waals surface area contributed by atoms with Crippen LogP contribution in [0, 0.1) is 29.4 Å². The van der Waals surface area contributed by atoms with Gasteiger partial charge in [-0.2, -0.15) is 22.5 Å². The molecule has 4 aromatic rings. The summed E-state index contributed by atoms with van der Waals surface area (Å²) >= 11 is 0. The number of hydrogen-bond acceptors (Lipinski definition) is 6. The van der Waals surface area contributed by atoms with Crippen LogP contribution in [0.5, 0.6) is 5.75 Å². The molecule has 1 aromatic heterocycles. The maximum atomic E-state index is 14.5. The lowest BCUT2D eigenvalue weighted by molar-refractivity contribution is -0.128. The molecule has 0 spiro atoms. The summed E-state index contributed by atoms with van der Waals surface area (Å²) in [5, 5.41) is 4.87. The summed E-state index contributed by atoms with van der Waals surface area (Å²) in [6.45, 7) is 3.22. The van der Waals surface area contributed by atoms with Gasteiger partial charge in [0, 0.05) is 11.1 Å². The normalized spacial score (nSPS) is 15.2. The van der Waals surface area contributed by atoms with Crippen molar-refractivity contribution in [2.75, 3.05) is 17.3 Å². The summed E-state index contributed by atoms with van der Waals surface area (Å²) in [5.74, 6) is -8.81. The molecule has 5 rings (SSSR count). The predicted molar refractivity (Wildman–Crippen MR) is 161 cm³/mol. The smallest absolute Gasteiger partial charge is 0.272 e. The summed E-state index contributed by atoms with van der Waals surface area (Å²) in [6, 6.07) is 22.0. The van der Waals surface area contributed by atoms with E-state index in [1.165, 1.54) is 4.90 Å². The van der Waals surface area contributed by atoms with Crippen LogP contribution in [-0.2, 0) is 16.1 Å². The number of benzene rings is 3. The fourth-order valence-electron chi connectivity index (χ4n) is 4.95. The molecule has 2 amide bonds. The maximum Gasteiger partial charge on any atom is 0.272 e. The fourth-order valence-corrected chi connectivity index (χ4v) is 4.95. The zero-order valence-corrected chi connectivity index (χ0v) is 24.5. The summed E-state index contributed by atoms with van der Waals surface area (Å²) in [4.78, 5) is 36.7. The van der Waals surface area contributed by atoms with Crippen LogP contribution < -0.4 is 20.3 Å². The molecular formula is C33H29F4N5O3. The molecule has 0 radical (unpaired) electrons. The molecule has 3 aromatic carbocycles. The number of fused-ring (bicyclic) bond motifs is 1. The van der Waals surface area contributed by atoms with Gasteiger partial charge in [0.05, 0.1) is 25.1 Å². The molecule has 0 unspecified atom stereocenters. The Morgan fingerprint density at radius 1 is 0.911 bits per heavy atom. The Labute approximate surface area is 256 Å². The molecule has 0 saturated carbocycles. The van der Waals surface area contributed by atoms with Crippen molar-refractivity contribution in [2.45, 2.75) is 32.6 Å². The summed E-state index contributed by atoms with van der Waals surface area (Å²) in [6.07, 6.45) is -1.48. The topological polar surface area (TPSA) is 95.9 Å². The highest BCUT2D eigenvalue weighted by atomic mass is 19.2. The number of ether oxygens (including phenoxy) is 1. The van der Waals surface area contributed by atoms with E-state index < -0.39 is 59.2 Å². The Bertz CT molecular complexity index is 1720. The van der Waals surface area contributed by atoms with Crippen LogP contribution >= 0.6 is 0 Å². The molecule has 232 valence electrons. The van der Waals surface area contributed by atoms with Crippen LogP contribution in [0.1, 0.15) is 30.5 Å². The maximum absolute atomic E-state index is 14.5. The predicted octanol–water partition coefficient (Wildman–Crippen LogP) is 5.61. The molecule has 1 aliphatic rings. The Hall–Kier alpha value is -5.26. The lowest BCUT2D eigenvalue weighted by Gasteiger charge is -2.28. The number of amides is 2. The second-order valence-corrected chi connectivity index (χ2v) is 10.6. The SMILES string of the molecule is COc1ccc(CN2C(=O)[C@@H](NC(=O)[C@H](Nc3c(F)c(F)nc(F)c3F)C(C)C)N=C(c3ccccc3)c3ccccc32)cc1. The third kappa shape index (κ3) is 6.49. The van der Waals surface area contributed by atoms with Gasteiger partial charge in [0.15, 0.2) is 0 Å². The van der Waals surface area contributed by atoms with Gasteiger partial charge in [-0.15, -0.1) is 0 Å². The lowest BCUT2D eigenvalue weighted by Crippen LogP contribution is -2.52. The van der Waals surface area contributed by atoms with E-state index in [1.807, 2.05) is 36.4 Å². The molecule has 8 nitrogen and oxygen atoms in total. The number of nitrogens with one attached hydrogen (secondary N) is 2. The van der Waals surface area contributed by atoms with Crippen molar-refractivity contribution < 1.29 is 31.9 Å². The van der Waals surface area contributed by atoms with Crippen LogP contribution in [0.3, 0.4) is 0 Å². The van der Waals surface area contributed by atoms with E-state index in [-0.39, 0.29) is 6.54 Å². The van der Waals surface area contributed by atoms with E-state index in [4.69, 9.17) is 9.73 Å². The minimum absolute atomic E-state index is 0.113. The van der Waals surface area contributed by atoms with Gasteiger partial charge >= 0.3 is 0 Å². The first-order valence-corrected chi connectivity index (χ1v) is 14.0. The highest BCUT2D eigenvalue weighted by molar-refractivity contribution is 6.20. The van der Waals surface area contributed by atoms with Crippen molar-refractivity contribution in [1.82, 2.24) is 10.3 Å². The summed E-state index contributed by atoms with van der Waals surface area (Å²) in [7, 11) is 1.54. The van der Waals surface area contributed by atoms with Gasteiger partial charge in [-0.25, -0.2) is 4.99 Å². The molecule has 45 heavy (non-hydrogen) atoms. The number of hydrogen-bond donors (Lipinski definition) is 2. The molecule has 2 N–H and O–H groups in total. The van der Waals surface area contributed by atoms with Crippen molar-refractivity contribution in [3.05, 3.63) is 119 Å². The van der Waals surface area contributed by atoms with E-state index in [2.05, 4.69) is 15.6 Å². The first-order valence-electron chi connectivity index (χ1n) is 14.0. The molecule has 0 saturated heterocycles. The lowest BCUT2D eigenvalue weighted by atomic mass is 10.00.